The van der Waals surface area contributed by atoms with Crippen LogP contribution in [0.2, 0.25) is 0 Å². The quantitative estimate of drug-likeness (QED) is 0.501. The molecule has 5 rings (SSSR count). The number of hydrogen-bond donors (Lipinski definition) is 3. The molecule has 11 heteroatoms. The summed E-state index contributed by atoms with van der Waals surface area (Å²) in [5.74, 6) is 0.280. The Morgan fingerprint density at radius 2 is 2.05 bits per heavy atom. The van der Waals surface area contributed by atoms with Crippen molar-refractivity contribution < 1.29 is 23.9 Å². The monoisotopic (exact) mass is 525 g/mol. The van der Waals surface area contributed by atoms with E-state index in [4.69, 9.17) is 4.74 Å². The second-order valence-corrected chi connectivity index (χ2v) is 10.8. The van der Waals surface area contributed by atoms with Crippen LogP contribution in [0.15, 0.2) is 29.6 Å². The number of hydrogen-bond acceptors (Lipinski definition) is 6. The van der Waals surface area contributed by atoms with Crippen molar-refractivity contribution in [1.29, 1.82) is 0 Å². The molecule has 1 aromatic heterocycles. The number of nitrogens with one attached hydrogen (secondary N) is 3. The number of aryl methyl sites for hydroxylation is 1. The Bertz CT molecular complexity index is 1230. The van der Waals surface area contributed by atoms with Gasteiger partial charge in [-0.1, -0.05) is 6.07 Å². The van der Waals surface area contributed by atoms with E-state index in [2.05, 4.69) is 16.0 Å². The van der Waals surface area contributed by atoms with E-state index in [1.807, 2.05) is 22.4 Å². The molecule has 0 saturated heterocycles. The van der Waals surface area contributed by atoms with Crippen LogP contribution in [-0.2, 0) is 28.1 Å². The van der Waals surface area contributed by atoms with Crippen LogP contribution in [0.3, 0.4) is 0 Å². The topological polar surface area (TPSA) is 120 Å². The maximum atomic E-state index is 13.4. The molecule has 5 amide bonds. The number of amides is 5. The van der Waals surface area contributed by atoms with E-state index in [-0.39, 0.29) is 24.5 Å². The van der Waals surface area contributed by atoms with Gasteiger partial charge in [0.15, 0.2) is 5.06 Å². The van der Waals surface area contributed by atoms with Crippen molar-refractivity contribution >= 4 is 41.3 Å². The van der Waals surface area contributed by atoms with E-state index in [1.54, 1.807) is 19.2 Å². The van der Waals surface area contributed by atoms with Gasteiger partial charge in [0.05, 0.1) is 12.6 Å². The smallest absolute Gasteiger partial charge is 0.318 e. The van der Waals surface area contributed by atoms with E-state index < -0.39 is 11.6 Å². The third-order valence-electron chi connectivity index (χ3n) is 7.43. The zero-order chi connectivity index (χ0) is 26.2. The molecule has 2 aliphatic carbocycles. The first-order valence-electron chi connectivity index (χ1n) is 12.4. The van der Waals surface area contributed by atoms with Gasteiger partial charge >= 0.3 is 12.1 Å². The maximum Gasteiger partial charge on any atom is 0.318 e. The Balaban J connectivity index is 1.27. The lowest BCUT2D eigenvalue weighted by atomic mass is 9.93. The van der Waals surface area contributed by atoms with Gasteiger partial charge < -0.3 is 35.3 Å². The van der Waals surface area contributed by atoms with Gasteiger partial charge in [-0.2, -0.15) is 0 Å². The number of benzene rings is 1. The highest BCUT2D eigenvalue weighted by atomic mass is 32.1. The van der Waals surface area contributed by atoms with Crippen molar-refractivity contribution in [3.05, 3.63) is 46.3 Å². The first kappa shape index (κ1) is 25.1. The highest BCUT2D eigenvalue weighted by Gasteiger charge is 2.42. The summed E-state index contributed by atoms with van der Waals surface area (Å²) in [6.45, 7) is 0.819. The fourth-order valence-corrected chi connectivity index (χ4v) is 5.95. The van der Waals surface area contributed by atoms with Crippen molar-refractivity contribution in [3.8, 4) is 5.06 Å². The Kier molecular flexibility index (Phi) is 6.80. The average Bonchev–Trinajstić information content (AvgIpc) is 3.58. The maximum absolute atomic E-state index is 13.4. The van der Waals surface area contributed by atoms with E-state index in [9.17, 15) is 19.2 Å². The van der Waals surface area contributed by atoms with Crippen molar-refractivity contribution in [1.82, 2.24) is 20.4 Å². The summed E-state index contributed by atoms with van der Waals surface area (Å²) in [7, 11) is 3.09. The van der Waals surface area contributed by atoms with E-state index in [1.165, 1.54) is 23.3 Å². The summed E-state index contributed by atoms with van der Waals surface area (Å²) < 4.78 is 5.99. The van der Waals surface area contributed by atoms with Crippen LogP contribution in [0.1, 0.15) is 36.0 Å². The minimum atomic E-state index is -1.19. The number of carbonyl (C=O) groups is 4. The molecular weight excluding hydrogens is 494 g/mol. The zero-order valence-corrected chi connectivity index (χ0v) is 21.7. The molecule has 2 aromatic rings. The van der Waals surface area contributed by atoms with Crippen LogP contribution < -0.4 is 20.7 Å². The number of urea groups is 2. The molecule has 0 spiro atoms. The SMILES string of the molecule is CNC(=O)Nc1ccc2c(c1)CC[C@]2(C=O)NC(=O)N(C)CC(=O)N1Cc2ccsc2OC[C@H]1C1CC1. The largest absolute Gasteiger partial charge is 0.482 e. The summed E-state index contributed by atoms with van der Waals surface area (Å²) in [6, 6.07) is 6.41. The summed E-state index contributed by atoms with van der Waals surface area (Å²) in [5, 5.41) is 10.9. The molecule has 10 nitrogen and oxygen atoms in total. The van der Waals surface area contributed by atoms with Gasteiger partial charge in [-0.15, -0.1) is 11.3 Å². The lowest BCUT2D eigenvalue weighted by Gasteiger charge is -2.32. The summed E-state index contributed by atoms with van der Waals surface area (Å²) in [6.07, 6.45) is 3.87. The number of aldehydes is 1. The number of likely N-dealkylation sites (N-methyl/N-ethyl adjacent to an activating group) is 1. The van der Waals surface area contributed by atoms with Gasteiger partial charge in [0, 0.05) is 25.3 Å². The van der Waals surface area contributed by atoms with Crippen molar-refractivity contribution in [3.63, 3.8) is 0 Å². The minimum Gasteiger partial charge on any atom is -0.482 e. The lowest BCUT2D eigenvalue weighted by Crippen LogP contribution is -2.53. The Hall–Kier alpha value is -3.60. The van der Waals surface area contributed by atoms with Crippen LogP contribution in [-0.4, -0.2) is 67.3 Å². The number of nitrogens with zero attached hydrogens (tertiary/aromatic N) is 2. The molecule has 0 unspecified atom stereocenters. The first-order valence-corrected chi connectivity index (χ1v) is 13.3. The van der Waals surface area contributed by atoms with Crippen LogP contribution in [0.5, 0.6) is 5.06 Å². The van der Waals surface area contributed by atoms with Crippen LogP contribution >= 0.6 is 11.3 Å². The normalized spacial score (nSPS) is 22.1. The molecule has 3 N–H and O–H groups in total. The number of thiophene rings is 1. The second kappa shape index (κ2) is 10.0. The summed E-state index contributed by atoms with van der Waals surface area (Å²) >= 11 is 1.53. The van der Waals surface area contributed by atoms with Gasteiger partial charge in [-0.05, 0) is 66.3 Å². The van der Waals surface area contributed by atoms with Crippen LogP contribution in [0, 0.1) is 5.92 Å². The molecule has 1 saturated carbocycles. The van der Waals surface area contributed by atoms with Gasteiger partial charge in [-0.25, -0.2) is 9.59 Å². The summed E-state index contributed by atoms with van der Waals surface area (Å²) in [5.41, 5.74) is 1.98. The molecular formula is C26H31N5O5S. The van der Waals surface area contributed by atoms with Gasteiger partial charge in [0.25, 0.3) is 0 Å². The van der Waals surface area contributed by atoms with Crippen molar-refractivity contribution in [2.24, 2.45) is 5.92 Å². The Morgan fingerprint density at radius 3 is 2.78 bits per heavy atom. The third kappa shape index (κ3) is 5.00. The minimum absolute atomic E-state index is 0.0100. The van der Waals surface area contributed by atoms with Crippen molar-refractivity contribution in [2.45, 2.75) is 43.8 Å². The predicted molar refractivity (Wildman–Crippen MR) is 139 cm³/mol. The van der Waals surface area contributed by atoms with Crippen molar-refractivity contribution in [2.75, 3.05) is 32.6 Å². The third-order valence-corrected chi connectivity index (χ3v) is 8.30. The molecule has 1 fully saturated rings. The Morgan fingerprint density at radius 1 is 1.24 bits per heavy atom. The number of fused-ring (bicyclic) bond motifs is 2. The molecule has 1 aliphatic heterocycles. The highest BCUT2D eigenvalue weighted by molar-refractivity contribution is 7.12. The van der Waals surface area contributed by atoms with E-state index >= 15 is 0 Å². The fourth-order valence-electron chi connectivity index (χ4n) is 5.17. The van der Waals surface area contributed by atoms with E-state index in [0.29, 0.717) is 43.2 Å². The number of anilines is 1. The first-order chi connectivity index (χ1) is 17.8. The van der Waals surface area contributed by atoms with Crippen LogP contribution in [0.25, 0.3) is 0 Å². The second-order valence-electron chi connectivity index (χ2n) is 9.92. The number of carbonyl (C=O) groups excluding carboxylic acids is 4. The number of ether oxygens (including phenoxy) is 1. The standard InChI is InChI=1S/C26H31N5O5S/c1-27-24(34)28-19-5-6-20-17(11-19)7-9-26(20,15-32)29-25(35)30(2)13-22(33)31-12-18-8-10-37-23(18)36-14-21(31)16-3-4-16/h5-6,8,10-11,15-16,21H,3-4,7,9,12-14H2,1-2H3,(H,29,35)(H2,27,28,34)/t21-,26+/m0/s1. The molecule has 2 heterocycles. The zero-order valence-electron chi connectivity index (χ0n) is 20.9. The van der Waals surface area contributed by atoms with E-state index in [0.717, 1.165) is 35.3 Å². The predicted octanol–water partition coefficient (Wildman–Crippen LogP) is 2.68. The molecule has 2 atom stereocenters. The molecule has 3 aliphatic rings. The van der Waals surface area contributed by atoms with Gasteiger partial charge in [0.2, 0.25) is 5.91 Å². The van der Waals surface area contributed by atoms with Crippen LogP contribution in [0.4, 0.5) is 15.3 Å². The molecule has 0 radical (unpaired) electrons. The number of rotatable bonds is 6. The highest BCUT2D eigenvalue weighted by Crippen LogP contribution is 2.40. The molecule has 196 valence electrons. The fraction of sp³-hybridized carbons (Fsp3) is 0.462. The molecule has 37 heavy (non-hydrogen) atoms. The van der Waals surface area contributed by atoms with Gasteiger partial charge in [0.1, 0.15) is 25.0 Å². The molecule has 1 aromatic carbocycles. The van der Waals surface area contributed by atoms with Gasteiger partial charge in [-0.3, -0.25) is 4.79 Å². The molecule has 0 bridgehead atoms. The summed E-state index contributed by atoms with van der Waals surface area (Å²) in [4.78, 5) is 53.7. The Labute approximate surface area is 219 Å². The average molecular weight is 526 g/mol. The lowest BCUT2D eigenvalue weighted by molar-refractivity contribution is -0.135.